The summed E-state index contributed by atoms with van der Waals surface area (Å²) in [5.74, 6) is -0.743. The smallest absolute Gasteiger partial charge is 0.264 e. The maximum Gasteiger partial charge on any atom is 0.264 e. The van der Waals surface area contributed by atoms with Crippen LogP contribution in [-0.2, 0) is 16.0 Å². The van der Waals surface area contributed by atoms with Crippen LogP contribution in [0.1, 0.15) is 16.7 Å². The summed E-state index contributed by atoms with van der Waals surface area (Å²) in [7, 11) is 1.45. The highest BCUT2D eigenvalue weighted by Gasteiger charge is 2.41. The van der Waals surface area contributed by atoms with Gasteiger partial charge in [-0.2, -0.15) is 5.26 Å². The fraction of sp³-hybridized carbons (Fsp3) is 0.227. The number of carbonyl (C=O) groups is 2. The molecule has 1 N–H and O–H groups in total. The summed E-state index contributed by atoms with van der Waals surface area (Å²) in [5, 5.41) is 12.9. The molecule has 0 aromatic heterocycles. The number of amides is 2. The van der Waals surface area contributed by atoms with Crippen molar-refractivity contribution in [3.8, 4) is 6.07 Å². The molecule has 5 nitrogen and oxygen atoms in total. The zero-order valence-electron chi connectivity index (χ0n) is 16.6. The molecule has 1 aliphatic heterocycles. The van der Waals surface area contributed by atoms with Crippen LogP contribution in [0.2, 0.25) is 10.0 Å². The second kappa shape index (κ2) is 9.13. The van der Waals surface area contributed by atoms with Crippen molar-refractivity contribution < 1.29 is 9.59 Å². The van der Waals surface area contributed by atoms with Crippen molar-refractivity contribution in [3.05, 3.63) is 73.7 Å². The second-order valence-electron chi connectivity index (χ2n) is 6.86. The minimum Gasteiger partial charge on any atom is -0.354 e. The molecule has 1 unspecified atom stereocenters. The van der Waals surface area contributed by atoms with Crippen LogP contribution in [-0.4, -0.2) is 24.1 Å². The van der Waals surface area contributed by atoms with Gasteiger partial charge < -0.3 is 5.32 Å². The highest BCUT2D eigenvalue weighted by Crippen LogP contribution is 2.42. The van der Waals surface area contributed by atoms with Gasteiger partial charge in [-0.05, 0) is 61.2 Å². The molecule has 1 aliphatic rings. The number of halogens is 2. The van der Waals surface area contributed by atoms with Gasteiger partial charge in [0.15, 0.2) is 0 Å². The third-order valence-corrected chi connectivity index (χ3v) is 6.75. The molecule has 0 radical (unpaired) electrons. The predicted octanol–water partition coefficient (Wildman–Crippen LogP) is 4.78. The molecule has 0 spiro atoms. The molecule has 0 saturated carbocycles. The van der Waals surface area contributed by atoms with Gasteiger partial charge in [0.25, 0.3) is 5.91 Å². The summed E-state index contributed by atoms with van der Waals surface area (Å²) in [6.45, 7) is 3.93. The molecule has 1 heterocycles. The van der Waals surface area contributed by atoms with Crippen molar-refractivity contribution in [1.29, 1.82) is 5.26 Å². The van der Waals surface area contributed by atoms with Crippen LogP contribution in [0.3, 0.4) is 0 Å². The van der Waals surface area contributed by atoms with Crippen molar-refractivity contribution in [2.75, 3.05) is 11.9 Å². The Morgan fingerprint density at radius 1 is 1.20 bits per heavy atom. The number of thioether (sulfide) groups is 1. The van der Waals surface area contributed by atoms with E-state index in [4.69, 9.17) is 23.2 Å². The predicted molar refractivity (Wildman–Crippen MR) is 122 cm³/mol. The van der Waals surface area contributed by atoms with Gasteiger partial charge in [-0.15, -0.1) is 0 Å². The monoisotopic (exact) mass is 459 g/mol. The topological polar surface area (TPSA) is 73.2 Å². The van der Waals surface area contributed by atoms with Gasteiger partial charge >= 0.3 is 0 Å². The van der Waals surface area contributed by atoms with E-state index in [2.05, 4.69) is 5.32 Å². The van der Waals surface area contributed by atoms with Gasteiger partial charge in [-0.1, -0.05) is 47.1 Å². The Bertz CT molecular complexity index is 1110. The standard InChI is InChI=1S/C22H19Cl2N3O2S/c1-12-4-7-16(8-13(12)2)27-21(29)19(9-14-5-6-15(23)10-18(14)24)30-22(27)17(11-25)20(28)26-3/h4-8,10,19H,9H2,1-3H3,(H,26,28)/b22-17-. The van der Waals surface area contributed by atoms with Gasteiger partial charge in [0.05, 0.1) is 5.25 Å². The van der Waals surface area contributed by atoms with Crippen LogP contribution >= 0.6 is 35.0 Å². The van der Waals surface area contributed by atoms with Crippen molar-refractivity contribution in [1.82, 2.24) is 5.32 Å². The van der Waals surface area contributed by atoms with Crippen molar-refractivity contribution in [2.24, 2.45) is 0 Å². The van der Waals surface area contributed by atoms with Gasteiger partial charge in [-0.3, -0.25) is 14.5 Å². The number of benzene rings is 2. The molecule has 2 aromatic carbocycles. The van der Waals surface area contributed by atoms with E-state index in [1.807, 2.05) is 38.1 Å². The minimum absolute atomic E-state index is 0.0984. The molecule has 30 heavy (non-hydrogen) atoms. The highest BCUT2D eigenvalue weighted by molar-refractivity contribution is 8.05. The van der Waals surface area contributed by atoms with E-state index in [-0.39, 0.29) is 11.5 Å². The largest absolute Gasteiger partial charge is 0.354 e. The number of likely N-dealkylation sites (N-methyl/N-ethyl adjacent to an activating group) is 1. The number of hydrogen-bond acceptors (Lipinski definition) is 4. The lowest BCUT2D eigenvalue weighted by Crippen LogP contribution is -2.31. The molecule has 1 fully saturated rings. The second-order valence-corrected chi connectivity index (χ2v) is 8.89. The number of anilines is 1. The molecule has 3 rings (SSSR count). The van der Waals surface area contributed by atoms with Gasteiger partial charge in [0, 0.05) is 22.8 Å². The number of carbonyl (C=O) groups excluding carboxylic acids is 2. The molecule has 1 atom stereocenters. The molecule has 0 aliphatic carbocycles. The molecule has 154 valence electrons. The zero-order valence-corrected chi connectivity index (χ0v) is 19.0. The van der Waals surface area contributed by atoms with Crippen LogP contribution < -0.4 is 10.2 Å². The lowest BCUT2D eigenvalue weighted by Gasteiger charge is -2.19. The third-order valence-electron chi connectivity index (χ3n) is 4.90. The average Bonchev–Trinajstić information content (AvgIpc) is 3.02. The Labute approximate surface area is 189 Å². The summed E-state index contributed by atoms with van der Waals surface area (Å²) in [4.78, 5) is 27.2. The maximum absolute atomic E-state index is 13.4. The van der Waals surface area contributed by atoms with Crippen LogP contribution in [0.5, 0.6) is 0 Å². The van der Waals surface area contributed by atoms with Crippen LogP contribution in [0.4, 0.5) is 5.69 Å². The Morgan fingerprint density at radius 2 is 1.93 bits per heavy atom. The lowest BCUT2D eigenvalue weighted by atomic mass is 10.1. The number of nitrogens with zero attached hydrogens (tertiary/aromatic N) is 2. The number of nitrogens with one attached hydrogen (secondary N) is 1. The number of nitriles is 1. The van der Waals surface area contributed by atoms with Crippen molar-refractivity contribution in [2.45, 2.75) is 25.5 Å². The Kier molecular flexibility index (Phi) is 6.77. The summed E-state index contributed by atoms with van der Waals surface area (Å²) >= 11 is 13.5. The fourth-order valence-corrected chi connectivity index (χ4v) is 4.88. The molecule has 2 aromatic rings. The number of hydrogen-bond donors (Lipinski definition) is 1. The van der Waals surface area contributed by atoms with E-state index in [1.54, 1.807) is 18.2 Å². The van der Waals surface area contributed by atoms with E-state index < -0.39 is 11.2 Å². The first-order valence-electron chi connectivity index (χ1n) is 9.15. The normalized spacial score (nSPS) is 17.7. The summed E-state index contributed by atoms with van der Waals surface area (Å²) in [5.41, 5.74) is 3.38. The van der Waals surface area contributed by atoms with Crippen LogP contribution in [0.15, 0.2) is 47.0 Å². The van der Waals surface area contributed by atoms with E-state index in [0.717, 1.165) is 16.7 Å². The highest BCUT2D eigenvalue weighted by atomic mass is 35.5. The van der Waals surface area contributed by atoms with E-state index >= 15 is 0 Å². The third kappa shape index (κ3) is 4.34. The minimum atomic E-state index is -0.535. The van der Waals surface area contributed by atoms with Gasteiger partial charge in [0.1, 0.15) is 16.7 Å². The average molecular weight is 460 g/mol. The number of rotatable bonds is 4. The first kappa shape index (κ1) is 22.2. The summed E-state index contributed by atoms with van der Waals surface area (Å²) < 4.78 is 0. The first-order chi connectivity index (χ1) is 14.3. The van der Waals surface area contributed by atoms with Crippen LogP contribution in [0.25, 0.3) is 0 Å². The zero-order chi connectivity index (χ0) is 22.0. The van der Waals surface area contributed by atoms with E-state index in [9.17, 15) is 14.9 Å². The Balaban J connectivity index is 2.08. The van der Waals surface area contributed by atoms with E-state index in [0.29, 0.717) is 27.2 Å². The van der Waals surface area contributed by atoms with Gasteiger partial charge in [-0.25, -0.2) is 0 Å². The Morgan fingerprint density at radius 3 is 2.53 bits per heavy atom. The van der Waals surface area contributed by atoms with Crippen molar-refractivity contribution in [3.63, 3.8) is 0 Å². The molecule has 8 heteroatoms. The SMILES string of the molecule is CNC(=O)/C(C#N)=C1\SC(Cc2ccc(Cl)cc2Cl)C(=O)N1c1ccc(C)c(C)c1. The van der Waals surface area contributed by atoms with Gasteiger partial charge in [0.2, 0.25) is 5.91 Å². The Hall–Kier alpha value is -2.46. The summed E-state index contributed by atoms with van der Waals surface area (Å²) in [6, 6.07) is 12.7. The fourth-order valence-electron chi connectivity index (χ4n) is 3.10. The quantitative estimate of drug-likeness (QED) is 0.527. The van der Waals surface area contributed by atoms with Crippen molar-refractivity contribution >= 4 is 52.5 Å². The van der Waals surface area contributed by atoms with E-state index in [1.165, 1.54) is 23.7 Å². The van der Waals surface area contributed by atoms with Crippen LogP contribution in [0, 0.1) is 25.2 Å². The number of aryl methyl sites for hydroxylation is 2. The summed E-state index contributed by atoms with van der Waals surface area (Å²) in [6.07, 6.45) is 0.344. The molecule has 2 amide bonds. The molecular formula is C22H19Cl2N3O2S. The maximum atomic E-state index is 13.4. The first-order valence-corrected chi connectivity index (χ1v) is 10.8. The molecule has 1 saturated heterocycles. The molecular weight excluding hydrogens is 441 g/mol. The molecule has 0 bridgehead atoms. The lowest BCUT2D eigenvalue weighted by molar-refractivity contribution is -0.117.